The number of carbonyl (C=O) groups excluding carboxylic acids is 2. The molecule has 0 spiro atoms. The van der Waals surface area contributed by atoms with Gasteiger partial charge >= 0.3 is 0 Å². The third-order valence-electron chi connectivity index (χ3n) is 4.64. The minimum Gasteiger partial charge on any atom is -0.494 e. The summed E-state index contributed by atoms with van der Waals surface area (Å²) in [7, 11) is 0. The first-order valence-electron chi connectivity index (χ1n) is 10.4. The summed E-state index contributed by atoms with van der Waals surface area (Å²) in [6.45, 7) is 7.30. The Balaban J connectivity index is 1.99. The Morgan fingerprint density at radius 1 is 1.07 bits per heavy atom. The maximum Gasteiger partial charge on any atom is 0.242 e. The van der Waals surface area contributed by atoms with Gasteiger partial charge in [-0.2, -0.15) is 0 Å². The predicted molar refractivity (Wildman–Crippen MR) is 123 cm³/mol. The smallest absolute Gasteiger partial charge is 0.242 e. The zero-order valence-electron chi connectivity index (χ0n) is 17.9. The van der Waals surface area contributed by atoms with Crippen molar-refractivity contribution in [2.45, 2.75) is 46.2 Å². The van der Waals surface area contributed by atoms with Gasteiger partial charge in [0.2, 0.25) is 11.8 Å². The van der Waals surface area contributed by atoms with Crippen LogP contribution < -0.4 is 10.1 Å². The standard InChI is InChI=1S/C24H31BrN2O3/c1-18(2)16-26-24(29)19(3)27(17-20-9-7-10-21(25)15-20)23(28)13-8-14-30-22-11-5-4-6-12-22/h4-7,9-12,15,18-19H,8,13-14,16-17H2,1-3H3,(H,26,29). The fourth-order valence-electron chi connectivity index (χ4n) is 2.94. The zero-order chi connectivity index (χ0) is 21.9. The van der Waals surface area contributed by atoms with Crippen LogP contribution in [0.15, 0.2) is 59.1 Å². The van der Waals surface area contributed by atoms with Crippen molar-refractivity contribution in [2.75, 3.05) is 13.2 Å². The second kappa shape index (κ2) is 12.4. The van der Waals surface area contributed by atoms with E-state index in [4.69, 9.17) is 4.74 Å². The lowest BCUT2D eigenvalue weighted by atomic mass is 10.1. The van der Waals surface area contributed by atoms with Gasteiger partial charge in [-0.3, -0.25) is 9.59 Å². The summed E-state index contributed by atoms with van der Waals surface area (Å²) in [5.41, 5.74) is 0.974. The number of hydrogen-bond donors (Lipinski definition) is 1. The Hall–Kier alpha value is -2.34. The van der Waals surface area contributed by atoms with Gasteiger partial charge in [-0.15, -0.1) is 0 Å². The molecular weight excluding hydrogens is 444 g/mol. The molecule has 5 nitrogen and oxygen atoms in total. The molecule has 0 fully saturated rings. The highest BCUT2D eigenvalue weighted by Crippen LogP contribution is 2.17. The number of nitrogens with one attached hydrogen (secondary N) is 1. The third-order valence-corrected chi connectivity index (χ3v) is 5.13. The fraction of sp³-hybridized carbons (Fsp3) is 0.417. The Morgan fingerprint density at radius 2 is 1.80 bits per heavy atom. The van der Waals surface area contributed by atoms with Gasteiger partial charge in [0.1, 0.15) is 11.8 Å². The SMILES string of the molecule is CC(C)CNC(=O)C(C)N(Cc1cccc(Br)c1)C(=O)CCCOc1ccccc1. The molecule has 0 heterocycles. The van der Waals surface area contributed by atoms with Crippen LogP contribution in [-0.4, -0.2) is 35.9 Å². The molecule has 0 saturated carbocycles. The van der Waals surface area contributed by atoms with Crippen molar-refractivity contribution in [1.29, 1.82) is 0 Å². The molecule has 2 rings (SSSR count). The molecule has 30 heavy (non-hydrogen) atoms. The Morgan fingerprint density at radius 3 is 2.47 bits per heavy atom. The number of halogens is 1. The molecule has 0 bridgehead atoms. The van der Waals surface area contributed by atoms with Crippen molar-refractivity contribution >= 4 is 27.7 Å². The topological polar surface area (TPSA) is 58.6 Å². The minimum atomic E-state index is -0.551. The Labute approximate surface area is 187 Å². The fourth-order valence-corrected chi connectivity index (χ4v) is 3.39. The lowest BCUT2D eigenvalue weighted by Crippen LogP contribution is -2.48. The van der Waals surface area contributed by atoms with Crippen LogP contribution in [0.2, 0.25) is 0 Å². The molecule has 2 amide bonds. The van der Waals surface area contributed by atoms with E-state index >= 15 is 0 Å². The van der Waals surface area contributed by atoms with E-state index in [2.05, 4.69) is 21.2 Å². The van der Waals surface area contributed by atoms with Crippen molar-refractivity contribution in [2.24, 2.45) is 5.92 Å². The number of hydrogen-bond acceptors (Lipinski definition) is 3. The highest BCUT2D eigenvalue weighted by Gasteiger charge is 2.25. The molecule has 1 unspecified atom stereocenters. The van der Waals surface area contributed by atoms with Gasteiger partial charge in [0.15, 0.2) is 0 Å². The van der Waals surface area contributed by atoms with Crippen LogP contribution in [0.1, 0.15) is 39.2 Å². The largest absolute Gasteiger partial charge is 0.494 e. The summed E-state index contributed by atoms with van der Waals surface area (Å²) in [5.74, 6) is 0.953. The molecule has 162 valence electrons. The molecule has 0 aromatic heterocycles. The molecular formula is C24H31BrN2O3. The Kier molecular flexibility index (Phi) is 9.87. The van der Waals surface area contributed by atoms with Crippen LogP contribution in [0.25, 0.3) is 0 Å². The Bertz CT molecular complexity index is 811. The van der Waals surface area contributed by atoms with Crippen LogP contribution in [-0.2, 0) is 16.1 Å². The van der Waals surface area contributed by atoms with Crippen LogP contribution in [0, 0.1) is 5.92 Å². The number of carbonyl (C=O) groups is 2. The van der Waals surface area contributed by atoms with Gasteiger partial charge in [-0.1, -0.05) is 60.1 Å². The van der Waals surface area contributed by atoms with Gasteiger partial charge in [0, 0.05) is 24.0 Å². The van der Waals surface area contributed by atoms with Crippen molar-refractivity contribution in [3.63, 3.8) is 0 Å². The van der Waals surface area contributed by atoms with E-state index in [1.807, 2.05) is 68.4 Å². The number of amides is 2. The lowest BCUT2D eigenvalue weighted by Gasteiger charge is -2.29. The number of para-hydroxylation sites is 1. The van der Waals surface area contributed by atoms with Crippen molar-refractivity contribution in [3.8, 4) is 5.75 Å². The van der Waals surface area contributed by atoms with E-state index in [1.165, 1.54) is 0 Å². The third kappa shape index (κ3) is 8.19. The first-order valence-corrected chi connectivity index (χ1v) is 11.2. The molecule has 0 saturated heterocycles. The summed E-state index contributed by atoms with van der Waals surface area (Å²) in [4.78, 5) is 27.3. The van der Waals surface area contributed by atoms with Gasteiger partial charge in [0.05, 0.1) is 6.61 Å². The summed E-state index contributed by atoms with van der Waals surface area (Å²) in [6, 6.07) is 16.8. The van der Waals surface area contributed by atoms with E-state index in [1.54, 1.807) is 11.8 Å². The molecule has 1 N–H and O–H groups in total. The quantitative estimate of drug-likeness (QED) is 0.475. The monoisotopic (exact) mass is 474 g/mol. The van der Waals surface area contributed by atoms with E-state index in [-0.39, 0.29) is 11.8 Å². The molecule has 2 aromatic carbocycles. The van der Waals surface area contributed by atoms with Gasteiger partial charge < -0.3 is 15.0 Å². The lowest BCUT2D eigenvalue weighted by molar-refractivity contribution is -0.140. The summed E-state index contributed by atoms with van der Waals surface area (Å²) >= 11 is 3.47. The molecule has 1 atom stereocenters. The number of nitrogens with zero attached hydrogens (tertiary/aromatic N) is 1. The van der Waals surface area contributed by atoms with E-state index in [0.29, 0.717) is 38.5 Å². The molecule has 0 radical (unpaired) electrons. The number of benzene rings is 2. The van der Waals surface area contributed by atoms with Crippen LogP contribution in [0.4, 0.5) is 0 Å². The first kappa shape index (κ1) is 23.9. The normalized spacial score (nSPS) is 11.8. The summed E-state index contributed by atoms with van der Waals surface area (Å²) in [5, 5.41) is 2.94. The maximum absolute atomic E-state index is 13.0. The highest BCUT2D eigenvalue weighted by molar-refractivity contribution is 9.10. The van der Waals surface area contributed by atoms with E-state index < -0.39 is 6.04 Å². The van der Waals surface area contributed by atoms with Crippen LogP contribution in [0.3, 0.4) is 0 Å². The van der Waals surface area contributed by atoms with E-state index in [0.717, 1.165) is 15.8 Å². The second-order valence-electron chi connectivity index (χ2n) is 7.73. The van der Waals surface area contributed by atoms with Gasteiger partial charge in [0.25, 0.3) is 0 Å². The zero-order valence-corrected chi connectivity index (χ0v) is 19.5. The molecule has 6 heteroatoms. The summed E-state index contributed by atoms with van der Waals surface area (Å²) in [6.07, 6.45) is 0.908. The van der Waals surface area contributed by atoms with Crippen LogP contribution in [0.5, 0.6) is 5.75 Å². The first-order chi connectivity index (χ1) is 14.4. The number of ether oxygens (including phenoxy) is 1. The van der Waals surface area contributed by atoms with Crippen molar-refractivity contribution in [1.82, 2.24) is 10.2 Å². The van der Waals surface area contributed by atoms with Gasteiger partial charge in [-0.05, 0) is 49.1 Å². The molecule has 0 aliphatic heterocycles. The average Bonchev–Trinajstić information content (AvgIpc) is 2.73. The average molecular weight is 475 g/mol. The second-order valence-corrected chi connectivity index (χ2v) is 8.65. The predicted octanol–water partition coefficient (Wildman–Crippen LogP) is 4.80. The van der Waals surface area contributed by atoms with Crippen LogP contribution >= 0.6 is 15.9 Å². The number of rotatable bonds is 11. The highest BCUT2D eigenvalue weighted by atomic mass is 79.9. The minimum absolute atomic E-state index is 0.0566. The molecule has 2 aromatic rings. The van der Waals surface area contributed by atoms with Crippen molar-refractivity contribution in [3.05, 3.63) is 64.6 Å². The van der Waals surface area contributed by atoms with Crippen molar-refractivity contribution < 1.29 is 14.3 Å². The van der Waals surface area contributed by atoms with Gasteiger partial charge in [-0.25, -0.2) is 0 Å². The molecule has 0 aliphatic carbocycles. The maximum atomic E-state index is 13.0. The van der Waals surface area contributed by atoms with E-state index in [9.17, 15) is 9.59 Å². The molecule has 0 aliphatic rings. The summed E-state index contributed by atoms with van der Waals surface area (Å²) < 4.78 is 6.63.